The summed E-state index contributed by atoms with van der Waals surface area (Å²) in [6.45, 7) is 10.8. The first-order chi connectivity index (χ1) is 9.16. The van der Waals surface area contributed by atoms with E-state index in [4.69, 9.17) is 5.11 Å². The Morgan fingerprint density at radius 2 is 2.10 bits per heavy atom. The number of carbonyl (C=O) groups is 1. The van der Waals surface area contributed by atoms with Crippen LogP contribution in [0.25, 0.3) is 0 Å². The predicted octanol–water partition coefficient (Wildman–Crippen LogP) is 2.94. The lowest BCUT2D eigenvalue weighted by molar-refractivity contribution is 0.109. The maximum absolute atomic E-state index is 12.1. The highest BCUT2D eigenvalue weighted by molar-refractivity contribution is 7.91. The minimum atomic E-state index is -1.25. The standard InChI is InChI=1S/C14H26N2O3S/c1-6-11-9-16(13(17)18)8-7-12(11)10(2)15-20(19)14(3,4)5/h11-12H,6-9H2,1-5H3,(H,17,18)/t11-,12-,20?/m1/s1. The molecule has 1 saturated heterocycles. The highest BCUT2D eigenvalue weighted by Gasteiger charge is 2.34. The average Bonchev–Trinajstić information content (AvgIpc) is 2.36. The van der Waals surface area contributed by atoms with Crippen LogP contribution >= 0.6 is 0 Å². The summed E-state index contributed by atoms with van der Waals surface area (Å²) in [5.74, 6) is 0.502. The molecule has 0 aromatic carbocycles. The summed E-state index contributed by atoms with van der Waals surface area (Å²) in [7, 11) is 0. The Morgan fingerprint density at radius 1 is 1.50 bits per heavy atom. The summed E-state index contributed by atoms with van der Waals surface area (Å²) in [4.78, 5) is 12.5. The van der Waals surface area contributed by atoms with Crippen molar-refractivity contribution >= 4 is 23.2 Å². The van der Waals surface area contributed by atoms with Crippen LogP contribution < -0.4 is 0 Å². The first kappa shape index (κ1) is 17.3. The molecule has 0 aliphatic carbocycles. The van der Waals surface area contributed by atoms with Crippen molar-refractivity contribution in [3.63, 3.8) is 0 Å². The van der Waals surface area contributed by atoms with E-state index in [0.717, 1.165) is 18.6 Å². The highest BCUT2D eigenvalue weighted by atomic mass is 32.2. The van der Waals surface area contributed by atoms with Crippen LogP contribution in [0.15, 0.2) is 4.40 Å². The summed E-state index contributed by atoms with van der Waals surface area (Å²) in [5, 5.41) is 9.08. The first-order valence-corrected chi connectivity index (χ1v) is 8.22. The molecule has 0 saturated carbocycles. The van der Waals surface area contributed by atoms with Crippen molar-refractivity contribution in [2.75, 3.05) is 13.1 Å². The minimum absolute atomic E-state index is 0.238. The van der Waals surface area contributed by atoms with E-state index in [1.54, 1.807) is 0 Å². The number of nitrogens with zero attached hydrogens (tertiary/aromatic N) is 2. The summed E-state index contributed by atoms with van der Waals surface area (Å²) in [6.07, 6.45) is 0.819. The van der Waals surface area contributed by atoms with Gasteiger partial charge in [0.05, 0.1) is 5.71 Å². The Kier molecular flexibility index (Phi) is 5.89. The minimum Gasteiger partial charge on any atom is -0.591 e. The largest absolute Gasteiger partial charge is 0.591 e. The van der Waals surface area contributed by atoms with Crippen molar-refractivity contribution in [2.24, 2.45) is 16.2 Å². The third kappa shape index (κ3) is 4.38. The van der Waals surface area contributed by atoms with Crippen LogP contribution in [-0.4, -0.2) is 44.2 Å². The van der Waals surface area contributed by atoms with Crippen molar-refractivity contribution in [1.29, 1.82) is 0 Å². The van der Waals surface area contributed by atoms with Crippen molar-refractivity contribution in [3.8, 4) is 0 Å². The molecule has 1 amide bonds. The fourth-order valence-corrected chi connectivity index (χ4v) is 3.18. The van der Waals surface area contributed by atoms with E-state index in [0.29, 0.717) is 13.1 Å². The Morgan fingerprint density at radius 3 is 2.55 bits per heavy atom. The van der Waals surface area contributed by atoms with Crippen LogP contribution in [0, 0.1) is 11.8 Å². The second-order valence-corrected chi connectivity index (χ2v) is 8.29. The van der Waals surface area contributed by atoms with E-state index < -0.39 is 17.5 Å². The molecule has 3 atom stereocenters. The third-order valence-electron chi connectivity index (χ3n) is 3.82. The van der Waals surface area contributed by atoms with Crippen molar-refractivity contribution in [1.82, 2.24) is 4.90 Å². The molecule has 0 spiro atoms. The van der Waals surface area contributed by atoms with Crippen LogP contribution in [0.5, 0.6) is 0 Å². The summed E-state index contributed by atoms with van der Waals surface area (Å²) in [5.41, 5.74) is 0.898. The molecule has 1 aliphatic rings. The molecule has 1 unspecified atom stereocenters. The molecule has 20 heavy (non-hydrogen) atoms. The van der Waals surface area contributed by atoms with Gasteiger partial charge in [0.2, 0.25) is 0 Å². The van der Waals surface area contributed by atoms with Crippen LogP contribution in [0.2, 0.25) is 0 Å². The second-order valence-electron chi connectivity index (χ2n) is 6.39. The van der Waals surface area contributed by atoms with E-state index in [2.05, 4.69) is 11.3 Å². The molecule has 0 aromatic heterocycles. The summed E-state index contributed by atoms with van der Waals surface area (Å²) >= 11 is -1.25. The molecular formula is C14H26N2O3S. The highest BCUT2D eigenvalue weighted by Crippen LogP contribution is 2.29. The van der Waals surface area contributed by atoms with Crippen LogP contribution in [0.3, 0.4) is 0 Å². The maximum Gasteiger partial charge on any atom is 0.407 e. The van der Waals surface area contributed by atoms with Gasteiger partial charge in [-0.05, 0) is 40.0 Å². The lowest BCUT2D eigenvalue weighted by atomic mass is 9.81. The Bertz CT molecular complexity index is 379. The van der Waals surface area contributed by atoms with Gasteiger partial charge >= 0.3 is 6.09 Å². The van der Waals surface area contributed by atoms with E-state index in [-0.39, 0.29) is 16.6 Å². The lowest BCUT2D eigenvalue weighted by Crippen LogP contribution is -2.45. The second kappa shape index (κ2) is 6.80. The lowest BCUT2D eigenvalue weighted by Gasteiger charge is -2.36. The van der Waals surface area contributed by atoms with Crippen LogP contribution in [0.1, 0.15) is 47.5 Å². The van der Waals surface area contributed by atoms with Gasteiger partial charge in [0.1, 0.15) is 16.1 Å². The molecule has 1 heterocycles. The zero-order valence-electron chi connectivity index (χ0n) is 13.0. The van der Waals surface area contributed by atoms with Gasteiger partial charge in [0.25, 0.3) is 0 Å². The Labute approximate surface area is 124 Å². The fraction of sp³-hybridized carbons (Fsp3) is 0.857. The number of rotatable bonds is 3. The monoisotopic (exact) mass is 302 g/mol. The van der Waals surface area contributed by atoms with Gasteiger partial charge in [-0.25, -0.2) is 4.79 Å². The molecule has 0 aromatic rings. The maximum atomic E-state index is 12.1. The average molecular weight is 302 g/mol. The number of hydrogen-bond donors (Lipinski definition) is 1. The molecule has 1 N–H and O–H groups in total. The zero-order chi connectivity index (χ0) is 15.5. The van der Waals surface area contributed by atoms with Gasteiger partial charge in [0.15, 0.2) is 0 Å². The van der Waals surface area contributed by atoms with Crippen molar-refractivity contribution in [3.05, 3.63) is 0 Å². The van der Waals surface area contributed by atoms with Crippen molar-refractivity contribution in [2.45, 2.75) is 52.2 Å². The first-order valence-electron chi connectivity index (χ1n) is 7.11. The summed E-state index contributed by atoms with van der Waals surface area (Å²) in [6, 6.07) is 0. The number of amides is 1. The molecule has 1 rings (SSSR count). The molecule has 5 nitrogen and oxygen atoms in total. The van der Waals surface area contributed by atoms with E-state index in [9.17, 15) is 9.35 Å². The molecule has 6 heteroatoms. The quantitative estimate of drug-likeness (QED) is 0.643. The fourth-order valence-electron chi connectivity index (χ4n) is 2.50. The van der Waals surface area contributed by atoms with Crippen LogP contribution in [-0.2, 0) is 11.4 Å². The summed E-state index contributed by atoms with van der Waals surface area (Å²) < 4.78 is 16.1. The van der Waals surface area contributed by atoms with Gasteiger partial charge in [-0.15, -0.1) is 0 Å². The third-order valence-corrected chi connectivity index (χ3v) is 5.32. The van der Waals surface area contributed by atoms with Gasteiger partial charge < -0.3 is 14.6 Å². The van der Waals surface area contributed by atoms with Gasteiger partial charge in [-0.1, -0.05) is 17.7 Å². The Hall–Kier alpha value is -0.750. The molecule has 0 radical (unpaired) electrons. The Balaban J connectivity index is 2.80. The normalized spacial score (nSPS) is 26.5. The van der Waals surface area contributed by atoms with E-state index in [1.807, 2.05) is 27.7 Å². The molecule has 1 aliphatic heterocycles. The number of carboxylic acid groups (broad SMARTS) is 1. The zero-order valence-corrected chi connectivity index (χ0v) is 13.9. The smallest absolute Gasteiger partial charge is 0.407 e. The van der Waals surface area contributed by atoms with E-state index >= 15 is 0 Å². The van der Waals surface area contributed by atoms with Gasteiger partial charge in [0, 0.05) is 19.0 Å². The predicted molar refractivity (Wildman–Crippen MR) is 82.5 cm³/mol. The van der Waals surface area contributed by atoms with Crippen molar-refractivity contribution < 1.29 is 14.5 Å². The van der Waals surface area contributed by atoms with Crippen LogP contribution in [0.4, 0.5) is 4.79 Å². The number of piperidine rings is 1. The topological polar surface area (TPSA) is 76.0 Å². The number of hydrogen-bond acceptors (Lipinski definition) is 3. The van der Waals surface area contributed by atoms with E-state index in [1.165, 1.54) is 4.90 Å². The molecular weight excluding hydrogens is 276 g/mol. The number of likely N-dealkylation sites (tertiary alicyclic amines) is 1. The molecule has 0 bridgehead atoms. The SMILES string of the molecule is CC[C@@H]1CN(C(=O)O)CC[C@@H]1C(C)=N[S+]([O-])C(C)(C)C. The molecule has 1 fully saturated rings. The molecule has 116 valence electrons. The van der Waals surface area contributed by atoms with Gasteiger partial charge in [-0.2, -0.15) is 0 Å². The van der Waals surface area contributed by atoms with Gasteiger partial charge in [-0.3, -0.25) is 0 Å².